The van der Waals surface area contributed by atoms with Gasteiger partial charge in [-0.2, -0.15) is 15.8 Å². The maximum Gasteiger partial charge on any atom is 0.248 e. The monoisotopic (exact) mass is 262 g/mol. The summed E-state index contributed by atoms with van der Waals surface area (Å²) >= 11 is 1.51. The van der Waals surface area contributed by atoms with Crippen LogP contribution in [0.3, 0.4) is 0 Å². The number of amidine groups is 1. The van der Waals surface area contributed by atoms with Crippen LogP contribution in [0.25, 0.3) is 0 Å². The predicted molar refractivity (Wildman–Crippen MR) is 74.1 cm³/mol. The summed E-state index contributed by atoms with van der Waals surface area (Å²) in [6.07, 6.45) is 2.12. The molecule has 1 aromatic carbocycles. The summed E-state index contributed by atoms with van der Waals surface area (Å²) < 4.78 is 0. The molecule has 1 saturated heterocycles. The highest BCUT2D eigenvalue weighted by molar-refractivity contribution is 8.14. The highest BCUT2D eigenvalue weighted by atomic mass is 32.2. The Kier molecular flexibility index (Phi) is 4.78. The van der Waals surface area contributed by atoms with E-state index in [0.717, 1.165) is 18.4 Å². The van der Waals surface area contributed by atoms with Gasteiger partial charge in [-0.25, -0.2) is 0 Å². The molecule has 2 rings (SSSR count). The fourth-order valence-corrected chi connectivity index (χ4v) is 2.38. The topological polar surface area (TPSA) is 55.6 Å². The summed E-state index contributed by atoms with van der Waals surface area (Å²) in [5, 5.41) is 0.811. The molecule has 1 aromatic rings. The molecule has 1 radical (unpaired) electrons. The highest BCUT2D eigenvalue weighted by Crippen LogP contribution is 2.18. The van der Waals surface area contributed by atoms with Crippen LogP contribution in [-0.4, -0.2) is 16.4 Å². The van der Waals surface area contributed by atoms with Crippen molar-refractivity contribution in [1.29, 1.82) is 0 Å². The van der Waals surface area contributed by atoms with Crippen molar-refractivity contribution in [2.45, 2.75) is 31.6 Å². The van der Waals surface area contributed by atoms with E-state index in [0.29, 0.717) is 11.6 Å². The molecule has 1 atom stereocenters. The summed E-state index contributed by atoms with van der Waals surface area (Å²) in [5.74, 6) is -0.108. The van der Waals surface area contributed by atoms with Crippen LogP contribution in [0.1, 0.15) is 25.3 Å². The van der Waals surface area contributed by atoms with E-state index in [1.54, 1.807) is 0 Å². The normalized spacial score (nSPS) is 20.9. The first-order valence-electron chi connectivity index (χ1n) is 6.06. The van der Waals surface area contributed by atoms with Crippen LogP contribution in [-0.2, 0) is 11.2 Å². The number of aryl methyl sites for hydroxylation is 1. The fraction of sp³-hybridized carbons (Fsp3) is 0.385. The molecule has 0 aliphatic carbocycles. The molecule has 1 fully saturated rings. The number of thioether (sulfide) groups is 1. The van der Waals surface area contributed by atoms with E-state index in [4.69, 9.17) is 0 Å². The minimum Gasteiger partial charge on any atom is -0.273 e. The van der Waals surface area contributed by atoms with Crippen LogP contribution >= 0.6 is 11.8 Å². The third kappa shape index (κ3) is 3.85. The van der Waals surface area contributed by atoms with E-state index in [-0.39, 0.29) is 11.3 Å². The summed E-state index contributed by atoms with van der Waals surface area (Å²) in [4.78, 5) is 15.7. The van der Waals surface area contributed by atoms with Gasteiger partial charge in [0.1, 0.15) is 0 Å². The molecule has 4 nitrogen and oxygen atoms in total. The van der Waals surface area contributed by atoms with Crippen molar-refractivity contribution >= 4 is 22.8 Å². The van der Waals surface area contributed by atoms with Gasteiger partial charge >= 0.3 is 0 Å². The third-order valence-electron chi connectivity index (χ3n) is 2.61. The summed E-state index contributed by atoms with van der Waals surface area (Å²) in [7, 11) is 0. The van der Waals surface area contributed by atoms with Crippen LogP contribution in [0.4, 0.5) is 0 Å². The zero-order chi connectivity index (χ0) is 12.8. The van der Waals surface area contributed by atoms with Crippen molar-refractivity contribution < 1.29 is 4.79 Å². The number of carbonyl (C=O) groups is 1. The van der Waals surface area contributed by atoms with Gasteiger partial charge in [0, 0.05) is 6.42 Å². The lowest BCUT2D eigenvalue weighted by Gasteiger charge is -1.98. The average molecular weight is 262 g/mol. The van der Waals surface area contributed by atoms with Gasteiger partial charge in [-0.1, -0.05) is 49.0 Å². The molecule has 95 valence electrons. The molecule has 1 unspecified atom stereocenters. The summed E-state index contributed by atoms with van der Waals surface area (Å²) in [6, 6.07) is 9.96. The quantitative estimate of drug-likeness (QED) is 0.904. The van der Waals surface area contributed by atoms with Gasteiger partial charge in [0.15, 0.2) is 0 Å². The number of carbonyl (C=O) groups excluding carboxylic acids is 1. The Morgan fingerprint density at radius 1 is 1.44 bits per heavy atom. The fourth-order valence-electron chi connectivity index (χ4n) is 1.59. The largest absolute Gasteiger partial charge is 0.273 e. The van der Waals surface area contributed by atoms with Crippen LogP contribution < -0.4 is 10.9 Å². The minimum absolute atomic E-state index is 0.108. The Bertz CT molecular complexity index is 433. The standard InChI is InChI=1S/C13H16N3OS/c1-2-12-15-16-13(18-12)14-11(17)9-8-10-6-4-3-5-7-10/h3-7,12,15H,2,8-9H2,1H3. The molecular formula is C13H16N3OS. The van der Waals surface area contributed by atoms with Crippen LogP contribution in [0.15, 0.2) is 35.3 Å². The molecule has 18 heavy (non-hydrogen) atoms. The molecule has 1 N–H and O–H groups in total. The van der Waals surface area contributed by atoms with E-state index in [1.165, 1.54) is 11.8 Å². The number of amides is 1. The van der Waals surface area contributed by atoms with Crippen molar-refractivity contribution in [1.82, 2.24) is 10.9 Å². The van der Waals surface area contributed by atoms with Crippen molar-refractivity contribution in [3.05, 3.63) is 35.9 Å². The SMILES string of the molecule is CCC1N[N]C(=NC(=O)CCc2ccccc2)S1. The van der Waals surface area contributed by atoms with Crippen molar-refractivity contribution in [2.75, 3.05) is 0 Å². The van der Waals surface area contributed by atoms with Crippen LogP contribution in [0.2, 0.25) is 0 Å². The van der Waals surface area contributed by atoms with Crippen molar-refractivity contribution in [3.8, 4) is 0 Å². The molecule has 1 aliphatic heterocycles. The van der Waals surface area contributed by atoms with Gasteiger partial charge in [0.25, 0.3) is 0 Å². The number of rotatable bonds is 4. The van der Waals surface area contributed by atoms with Gasteiger partial charge < -0.3 is 0 Å². The molecule has 1 amide bonds. The van der Waals surface area contributed by atoms with Gasteiger partial charge in [-0.15, -0.1) is 0 Å². The number of nitrogens with one attached hydrogen (secondary N) is 1. The third-order valence-corrected chi connectivity index (χ3v) is 3.73. The highest BCUT2D eigenvalue weighted by Gasteiger charge is 2.21. The lowest BCUT2D eigenvalue weighted by molar-refractivity contribution is -0.117. The van der Waals surface area contributed by atoms with Gasteiger partial charge in [0.2, 0.25) is 11.1 Å². The smallest absolute Gasteiger partial charge is 0.248 e. The van der Waals surface area contributed by atoms with E-state index in [2.05, 4.69) is 22.8 Å². The Morgan fingerprint density at radius 2 is 2.22 bits per heavy atom. The van der Waals surface area contributed by atoms with Crippen LogP contribution in [0.5, 0.6) is 0 Å². The first kappa shape index (κ1) is 13.1. The Morgan fingerprint density at radius 3 is 2.89 bits per heavy atom. The number of aliphatic imine (C=N–C) groups is 1. The number of hydrogen-bond donors (Lipinski definition) is 1. The van der Waals surface area contributed by atoms with E-state index in [9.17, 15) is 4.79 Å². The lowest BCUT2D eigenvalue weighted by atomic mass is 10.1. The zero-order valence-electron chi connectivity index (χ0n) is 10.3. The molecule has 0 aromatic heterocycles. The Balaban J connectivity index is 1.81. The van der Waals surface area contributed by atoms with Crippen LogP contribution in [0, 0.1) is 0 Å². The molecule has 1 heterocycles. The Hall–Kier alpha value is -1.33. The van der Waals surface area contributed by atoms with Crippen molar-refractivity contribution in [3.63, 3.8) is 0 Å². The van der Waals surface area contributed by atoms with E-state index < -0.39 is 0 Å². The second-order valence-electron chi connectivity index (χ2n) is 4.03. The number of nitrogens with zero attached hydrogens (tertiary/aromatic N) is 2. The van der Waals surface area contributed by atoms with Crippen molar-refractivity contribution in [2.24, 2.45) is 4.99 Å². The van der Waals surface area contributed by atoms with Gasteiger partial charge in [-0.3, -0.25) is 4.79 Å². The molecule has 0 spiro atoms. The first-order valence-corrected chi connectivity index (χ1v) is 6.94. The molecule has 0 saturated carbocycles. The molecular weight excluding hydrogens is 246 g/mol. The second-order valence-corrected chi connectivity index (χ2v) is 5.20. The molecule has 5 heteroatoms. The lowest BCUT2D eigenvalue weighted by Crippen LogP contribution is -2.24. The number of hydrogen-bond acceptors (Lipinski definition) is 3. The predicted octanol–water partition coefficient (Wildman–Crippen LogP) is 2.09. The van der Waals surface area contributed by atoms with Gasteiger partial charge in [0.05, 0.1) is 5.37 Å². The zero-order valence-corrected chi connectivity index (χ0v) is 11.1. The average Bonchev–Trinajstić information content (AvgIpc) is 2.85. The number of benzene rings is 1. The maximum atomic E-state index is 11.7. The van der Waals surface area contributed by atoms with E-state index in [1.807, 2.05) is 30.3 Å². The molecule has 1 aliphatic rings. The maximum absolute atomic E-state index is 11.7. The minimum atomic E-state index is -0.108. The molecule has 0 bridgehead atoms. The first-order chi connectivity index (χ1) is 8.78. The summed E-state index contributed by atoms with van der Waals surface area (Å²) in [6.45, 7) is 2.07. The second kappa shape index (κ2) is 6.56. The summed E-state index contributed by atoms with van der Waals surface area (Å²) in [5.41, 5.74) is 8.12. The van der Waals surface area contributed by atoms with E-state index >= 15 is 0 Å². The Labute approximate surface area is 111 Å². The van der Waals surface area contributed by atoms with Gasteiger partial charge in [-0.05, 0) is 18.4 Å².